The van der Waals surface area contributed by atoms with Crippen LogP contribution in [0.1, 0.15) is 32.3 Å². The number of hydrogen-bond acceptors (Lipinski definition) is 4. The van der Waals surface area contributed by atoms with E-state index in [0.717, 1.165) is 17.6 Å². The summed E-state index contributed by atoms with van der Waals surface area (Å²) in [5, 5.41) is 2.47. The maximum absolute atomic E-state index is 11.8. The highest BCUT2D eigenvalue weighted by Crippen LogP contribution is 2.10. The van der Waals surface area contributed by atoms with E-state index >= 15 is 0 Å². The Labute approximate surface area is 124 Å². The predicted octanol–water partition coefficient (Wildman–Crippen LogP) is 3.16. The van der Waals surface area contributed by atoms with Crippen molar-refractivity contribution in [1.29, 1.82) is 0 Å². The van der Waals surface area contributed by atoms with Crippen molar-refractivity contribution < 1.29 is 19.1 Å². The van der Waals surface area contributed by atoms with Gasteiger partial charge in [0.05, 0.1) is 7.11 Å². The molecule has 0 aliphatic carbocycles. The van der Waals surface area contributed by atoms with Crippen LogP contribution in [0.5, 0.6) is 0 Å². The van der Waals surface area contributed by atoms with E-state index in [2.05, 4.69) is 10.1 Å². The lowest BCUT2D eigenvalue weighted by atomic mass is 10.1. The number of esters is 1. The molecule has 0 saturated carbocycles. The third-order valence-corrected chi connectivity index (χ3v) is 2.88. The summed E-state index contributed by atoms with van der Waals surface area (Å²) in [6.45, 7) is 3.92. The number of ether oxygens (including phenoxy) is 2. The van der Waals surface area contributed by atoms with E-state index in [-0.39, 0.29) is 12.3 Å². The van der Waals surface area contributed by atoms with Crippen molar-refractivity contribution >= 4 is 12.1 Å². The number of methoxy groups -OCH3 is 1. The first-order chi connectivity index (χ1) is 10.1. The molecule has 0 atom stereocenters. The normalized spacial score (nSPS) is 11.4. The van der Waals surface area contributed by atoms with Crippen LogP contribution in [0.4, 0.5) is 4.79 Å². The molecule has 0 unspecified atom stereocenters. The Morgan fingerprint density at radius 1 is 1.19 bits per heavy atom. The Balaban J connectivity index is 2.64. The number of amides is 1. The lowest BCUT2D eigenvalue weighted by Crippen LogP contribution is -2.29. The smallest absolute Gasteiger partial charge is 0.412 e. The van der Waals surface area contributed by atoms with Crippen molar-refractivity contribution in [2.45, 2.75) is 33.3 Å². The number of carbonyl (C=O) groups excluding carboxylic acids is 2. The highest BCUT2D eigenvalue weighted by atomic mass is 16.6. The predicted molar refractivity (Wildman–Crippen MR) is 79.4 cm³/mol. The average molecular weight is 291 g/mol. The van der Waals surface area contributed by atoms with E-state index in [4.69, 9.17) is 4.74 Å². The van der Waals surface area contributed by atoms with Gasteiger partial charge >= 0.3 is 12.1 Å². The maximum atomic E-state index is 11.8. The van der Waals surface area contributed by atoms with Crippen LogP contribution >= 0.6 is 0 Å². The molecular formula is C16H21NO4. The van der Waals surface area contributed by atoms with Crippen LogP contribution < -0.4 is 5.32 Å². The zero-order chi connectivity index (χ0) is 15.7. The Hall–Kier alpha value is -2.30. The van der Waals surface area contributed by atoms with Gasteiger partial charge in [-0.1, -0.05) is 43.7 Å². The van der Waals surface area contributed by atoms with Crippen LogP contribution in [0.15, 0.2) is 41.6 Å². The molecule has 1 aromatic carbocycles. The van der Waals surface area contributed by atoms with Crippen LogP contribution in [-0.4, -0.2) is 19.2 Å². The minimum atomic E-state index is -0.672. The van der Waals surface area contributed by atoms with Crippen molar-refractivity contribution in [2.75, 3.05) is 7.11 Å². The number of nitrogens with one attached hydrogen (secondary N) is 1. The zero-order valence-electron chi connectivity index (χ0n) is 12.6. The van der Waals surface area contributed by atoms with Gasteiger partial charge in [-0.3, -0.25) is 5.32 Å². The molecule has 5 nitrogen and oxygen atoms in total. The quantitative estimate of drug-likeness (QED) is 0.646. The molecular weight excluding hydrogens is 270 g/mol. The molecule has 0 aliphatic rings. The molecule has 0 spiro atoms. The Morgan fingerprint density at radius 2 is 1.86 bits per heavy atom. The standard InChI is InChI=1S/C16H21NO4/c1-4-8-12(2)14(15(18)20-3)17-16(19)21-11-13-9-6-5-7-10-13/h5-7,9-10H,4,8,11H2,1-3H3,(H,17,19)/b14-12+. The third kappa shape index (κ3) is 5.69. The summed E-state index contributed by atoms with van der Waals surface area (Å²) in [6.07, 6.45) is 0.894. The second-order valence-corrected chi connectivity index (χ2v) is 4.58. The summed E-state index contributed by atoms with van der Waals surface area (Å²) in [6, 6.07) is 9.32. The SMILES string of the molecule is CCC/C(C)=C(/NC(=O)OCc1ccccc1)C(=O)OC. The fraction of sp³-hybridized carbons (Fsp3) is 0.375. The molecule has 5 heteroatoms. The highest BCUT2D eigenvalue weighted by molar-refractivity contribution is 5.92. The van der Waals surface area contributed by atoms with Gasteiger partial charge < -0.3 is 9.47 Å². The molecule has 0 heterocycles. The molecule has 21 heavy (non-hydrogen) atoms. The topological polar surface area (TPSA) is 64.6 Å². The first-order valence-corrected chi connectivity index (χ1v) is 6.84. The monoisotopic (exact) mass is 291 g/mol. The summed E-state index contributed by atoms with van der Waals surface area (Å²) in [4.78, 5) is 23.5. The summed E-state index contributed by atoms with van der Waals surface area (Å²) >= 11 is 0. The number of allylic oxidation sites excluding steroid dienone is 1. The molecule has 1 N–H and O–H groups in total. The molecule has 0 aliphatic heterocycles. The van der Waals surface area contributed by atoms with Gasteiger partial charge in [-0.05, 0) is 24.5 Å². The number of benzene rings is 1. The Morgan fingerprint density at radius 3 is 2.43 bits per heavy atom. The number of hydrogen-bond donors (Lipinski definition) is 1. The van der Waals surface area contributed by atoms with E-state index in [0.29, 0.717) is 6.42 Å². The summed E-state index contributed by atoms with van der Waals surface area (Å²) in [7, 11) is 1.28. The van der Waals surface area contributed by atoms with Gasteiger partial charge in [0.15, 0.2) is 0 Å². The van der Waals surface area contributed by atoms with E-state index in [1.165, 1.54) is 7.11 Å². The van der Waals surface area contributed by atoms with Crippen LogP contribution in [0.3, 0.4) is 0 Å². The van der Waals surface area contributed by atoms with Gasteiger partial charge in [0.25, 0.3) is 0 Å². The molecule has 0 radical (unpaired) electrons. The van der Waals surface area contributed by atoms with E-state index in [1.807, 2.05) is 37.3 Å². The molecule has 0 aromatic heterocycles. The fourth-order valence-electron chi connectivity index (χ4n) is 1.80. The molecule has 0 fully saturated rings. The maximum Gasteiger partial charge on any atom is 0.412 e. The van der Waals surface area contributed by atoms with Gasteiger partial charge in [0, 0.05) is 0 Å². The van der Waals surface area contributed by atoms with Crippen molar-refractivity contribution in [1.82, 2.24) is 5.32 Å². The molecule has 0 bridgehead atoms. The lowest BCUT2D eigenvalue weighted by molar-refractivity contribution is -0.136. The van der Waals surface area contributed by atoms with Crippen molar-refractivity contribution in [3.8, 4) is 0 Å². The molecule has 1 aromatic rings. The Kier molecular flexibility index (Phi) is 7.01. The second-order valence-electron chi connectivity index (χ2n) is 4.58. The minimum absolute atomic E-state index is 0.147. The van der Waals surface area contributed by atoms with Crippen LogP contribution in [0, 0.1) is 0 Å². The van der Waals surface area contributed by atoms with E-state index in [1.54, 1.807) is 6.92 Å². The first-order valence-electron chi connectivity index (χ1n) is 6.84. The molecule has 114 valence electrons. The highest BCUT2D eigenvalue weighted by Gasteiger charge is 2.17. The molecule has 1 rings (SSSR count). The molecule has 0 saturated heterocycles. The van der Waals surface area contributed by atoms with Crippen LogP contribution in [-0.2, 0) is 20.9 Å². The summed E-state index contributed by atoms with van der Waals surface area (Å²) in [5.41, 5.74) is 1.79. The summed E-state index contributed by atoms with van der Waals surface area (Å²) < 4.78 is 9.77. The van der Waals surface area contributed by atoms with Gasteiger partial charge in [0.1, 0.15) is 12.3 Å². The van der Waals surface area contributed by atoms with Crippen molar-refractivity contribution in [2.24, 2.45) is 0 Å². The fourth-order valence-corrected chi connectivity index (χ4v) is 1.80. The molecule has 1 amide bonds. The average Bonchev–Trinajstić information content (AvgIpc) is 2.51. The summed E-state index contributed by atoms with van der Waals surface area (Å²) in [5.74, 6) is -0.572. The van der Waals surface area contributed by atoms with Crippen LogP contribution in [0.2, 0.25) is 0 Å². The first kappa shape index (κ1) is 16.8. The van der Waals surface area contributed by atoms with Crippen molar-refractivity contribution in [3.05, 3.63) is 47.2 Å². The van der Waals surface area contributed by atoms with Crippen LogP contribution in [0.25, 0.3) is 0 Å². The zero-order valence-corrected chi connectivity index (χ0v) is 12.6. The number of carbonyl (C=O) groups is 2. The van der Waals surface area contributed by atoms with Gasteiger partial charge in [-0.25, -0.2) is 9.59 Å². The van der Waals surface area contributed by atoms with Gasteiger partial charge in [0.2, 0.25) is 0 Å². The lowest BCUT2D eigenvalue weighted by Gasteiger charge is -2.12. The Bertz CT molecular complexity index is 508. The number of rotatable bonds is 6. The largest absolute Gasteiger partial charge is 0.464 e. The van der Waals surface area contributed by atoms with Gasteiger partial charge in [-0.15, -0.1) is 0 Å². The van der Waals surface area contributed by atoms with Gasteiger partial charge in [-0.2, -0.15) is 0 Å². The van der Waals surface area contributed by atoms with Crippen molar-refractivity contribution in [3.63, 3.8) is 0 Å². The minimum Gasteiger partial charge on any atom is -0.464 e. The number of alkyl carbamates (subject to hydrolysis) is 1. The third-order valence-electron chi connectivity index (χ3n) is 2.88. The van der Waals surface area contributed by atoms with E-state index < -0.39 is 12.1 Å². The van der Waals surface area contributed by atoms with E-state index in [9.17, 15) is 9.59 Å². The second kappa shape index (κ2) is 8.79.